The number of ketones is 1. The highest BCUT2D eigenvalue weighted by Gasteiger charge is 2.27. The van der Waals surface area contributed by atoms with E-state index in [0.717, 1.165) is 0 Å². The topological polar surface area (TPSA) is 86.7 Å². The predicted octanol–water partition coefficient (Wildman–Crippen LogP) is -0.524. The molecule has 1 aliphatic rings. The number of carboxylic acid groups (broad SMARTS) is 1. The van der Waals surface area contributed by atoms with Gasteiger partial charge in [-0.05, 0) is 12.1 Å². The highest BCUT2D eigenvalue weighted by Crippen LogP contribution is 2.30. The maximum absolute atomic E-state index is 11.5. The number of hydrogen-bond acceptors (Lipinski definition) is 5. The number of rotatable bonds is 1. The third-order valence-electron chi connectivity index (χ3n) is 2.17. The van der Waals surface area contributed by atoms with Gasteiger partial charge in [0.1, 0.15) is 17.6 Å². The van der Waals surface area contributed by atoms with Crippen LogP contribution in [0.15, 0.2) is 18.2 Å². The van der Waals surface area contributed by atoms with Crippen molar-refractivity contribution in [2.75, 3.05) is 0 Å². The van der Waals surface area contributed by atoms with Crippen molar-refractivity contribution in [3.8, 4) is 11.5 Å². The van der Waals surface area contributed by atoms with Gasteiger partial charge < -0.3 is 19.7 Å². The molecule has 0 spiro atoms. The number of phenols is 1. The van der Waals surface area contributed by atoms with Crippen molar-refractivity contribution >= 4 is 11.8 Å². The van der Waals surface area contributed by atoms with E-state index in [1.165, 1.54) is 18.2 Å². The minimum atomic E-state index is -1.43. The number of carbonyl (C=O) groups is 2. The smallest absolute Gasteiger partial charge is 0.170 e. The Morgan fingerprint density at radius 3 is 2.93 bits per heavy atom. The summed E-state index contributed by atoms with van der Waals surface area (Å²) in [4.78, 5) is 22.0. The number of carbonyl (C=O) groups excluding carboxylic acids is 2. The van der Waals surface area contributed by atoms with Gasteiger partial charge in [0.05, 0.1) is 18.0 Å². The molecule has 0 saturated carbocycles. The second kappa shape index (κ2) is 3.27. The summed E-state index contributed by atoms with van der Waals surface area (Å²) in [5.41, 5.74) is 0.283. The Kier molecular flexibility index (Phi) is 2.07. The second-order valence-electron chi connectivity index (χ2n) is 3.23. The third-order valence-corrected chi connectivity index (χ3v) is 2.17. The molecule has 0 fully saturated rings. The zero-order valence-electron chi connectivity index (χ0n) is 7.60. The summed E-state index contributed by atoms with van der Waals surface area (Å²) in [6, 6.07) is 3.96. The van der Waals surface area contributed by atoms with Crippen LogP contribution < -0.4 is 9.84 Å². The van der Waals surface area contributed by atoms with Crippen molar-refractivity contribution < 1.29 is 24.5 Å². The van der Waals surface area contributed by atoms with E-state index < -0.39 is 12.1 Å². The van der Waals surface area contributed by atoms with Gasteiger partial charge in [-0.15, -0.1) is 0 Å². The van der Waals surface area contributed by atoms with Crippen LogP contribution >= 0.6 is 0 Å². The number of aromatic hydroxyl groups is 1. The van der Waals surface area contributed by atoms with Crippen LogP contribution in [0.25, 0.3) is 0 Å². The van der Waals surface area contributed by atoms with Gasteiger partial charge in [0.15, 0.2) is 5.78 Å². The second-order valence-corrected chi connectivity index (χ2v) is 3.23. The lowest BCUT2D eigenvalue weighted by molar-refractivity contribution is -0.313. The molecule has 5 heteroatoms. The molecule has 0 bridgehead atoms. The highest BCUT2D eigenvalue weighted by molar-refractivity contribution is 6.02. The fourth-order valence-corrected chi connectivity index (χ4v) is 1.44. The molecular weight excluding hydrogens is 200 g/mol. The van der Waals surface area contributed by atoms with Crippen molar-refractivity contribution in [3.05, 3.63) is 23.8 Å². The molecule has 1 aromatic carbocycles. The first-order chi connectivity index (χ1) is 7.08. The van der Waals surface area contributed by atoms with E-state index in [9.17, 15) is 14.7 Å². The van der Waals surface area contributed by atoms with Crippen molar-refractivity contribution in [2.24, 2.45) is 0 Å². The van der Waals surface area contributed by atoms with Crippen LogP contribution in [-0.4, -0.2) is 23.0 Å². The van der Waals surface area contributed by atoms with Crippen LogP contribution in [0.5, 0.6) is 11.5 Å². The zero-order valence-corrected chi connectivity index (χ0v) is 7.60. The molecule has 0 aromatic heterocycles. The number of carboxylic acids is 1. The van der Waals surface area contributed by atoms with Crippen LogP contribution in [0.3, 0.4) is 0 Å². The fourth-order valence-electron chi connectivity index (χ4n) is 1.44. The summed E-state index contributed by atoms with van der Waals surface area (Å²) in [7, 11) is 0. The van der Waals surface area contributed by atoms with Crippen LogP contribution in [-0.2, 0) is 4.79 Å². The summed E-state index contributed by atoms with van der Waals surface area (Å²) in [6.45, 7) is 0. The molecular formula is C10H7O5-. The Hall–Kier alpha value is -2.04. The zero-order chi connectivity index (χ0) is 11.0. The lowest BCUT2D eigenvalue weighted by Gasteiger charge is -2.25. The molecule has 1 aromatic rings. The lowest BCUT2D eigenvalue weighted by Crippen LogP contribution is -2.43. The number of benzene rings is 1. The molecule has 78 valence electrons. The van der Waals surface area contributed by atoms with Crippen LogP contribution in [0.4, 0.5) is 0 Å². The molecule has 2 rings (SSSR count). The molecule has 0 aliphatic carbocycles. The fraction of sp³-hybridized carbons (Fsp3) is 0.200. The first kappa shape index (κ1) is 9.51. The van der Waals surface area contributed by atoms with E-state index in [1.54, 1.807) is 0 Å². The van der Waals surface area contributed by atoms with Crippen LogP contribution in [0.2, 0.25) is 0 Å². The summed E-state index contributed by atoms with van der Waals surface area (Å²) in [5.74, 6) is -1.76. The van der Waals surface area contributed by atoms with Crippen molar-refractivity contribution in [1.82, 2.24) is 0 Å². The van der Waals surface area contributed by atoms with E-state index in [-0.39, 0.29) is 29.3 Å². The molecule has 1 aliphatic heterocycles. The van der Waals surface area contributed by atoms with E-state index in [1.807, 2.05) is 0 Å². The molecule has 5 nitrogen and oxygen atoms in total. The number of phenolic OH excluding ortho intramolecular Hbond substituents is 1. The van der Waals surface area contributed by atoms with E-state index in [2.05, 4.69) is 0 Å². The number of Topliss-reactive ketones (excluding diaryl/α,β-unsaturated/α-hetero) is 1. The van der Waals surface area contributed by atoms with Gasteiger partial charge in [-0.1, -0.05) is 0 Å². The van der Waals surface area contributed by atoms with E-state index in [0.29, 0.717) is 0 Å². The van der Waals surface area contributed by atoms with Gasteiger partial charge >= 0.3 is 0 Å². The molecule has 1 unspecified atom stereocenters. The third kappa shape index (κ3) is 1.63. The van der Waals surface area contributed by atoms with Gasteiger partial charge in [0.2, 0.25) is 0 Å². The summed E-state index contributed by atoms with van der Waals surface area (Å²) >= 11 is 0. The van der Waals surface area contributed by atoms with Crippen LogP contribution in [0.1, 0.15) is 16.8 Å². The van der Waals surface area contributed by atoms with E-state index >= 15 is 0 Å². The first-order valence-electron chi connectivity index (χ1n) is 4.31. The molecule has 0 amide bonds. The minimum absolute atomic E-state index is 0.0828. The Morgan fingerprint density at radius 2 is 2.27 bits per heavy atom. The van der Waals surface area contributed by atoms with E-state index in [4.69, 9.17) is 9.84 Å². The van der Waals surface area contributed by atoms with Crippen molar-refractivity contribution in [1.29, 1.82) is 0 Å². The van der Waals surface area contributed by atoms with Gasteiger partial charge in [0, 0.05) is 6.07 Å². The van der Waals surface area contributed by atoms with Crippen molar-refractivity contribution in [3.63, 3.8) is 0 Å². The Morgan fingerprint density at radius 1 is 1.53 bits per heavy atom. The number of fused-ring (bicyclic) bond motifs is 1. The van der Waals surface area contributed by atoms with Gasteiger partial charge in [-0.2, -0.15) is 0 Å². The predicted molar refractivity (Wildman–Crippen MR) is 46.5 cm³/mol. The Labute approximate surface area is 84.9 Å². The quantitative estimate of drug-likeness (QED) is 0.669. The standard InChI is InChI=1S/C10H8O5/c11-5-1-2-6-7(12)4-9(10(13)14)15-8(6)3-5/h1-3,9,11H,4H2,(H,13,14)/p-1. The molecule has 1 N–H and O–H groups in total. The largest absolute Gasteiger partial charge is 0.546 e. The molecule has 0 radical (unpaired) electrons. The maximum Gasteiger partial charge on any atom is 0.170 e. The number of hydrogen-bond donors (Lipinski definition) is 1. The normalized spacial score (nSPS) is 19.2. The average Bonchev–Trinajstić information content (AvgIpc) is 2.16. The van der Waals surface area contributed by atoms with Crippen LogP contribution in [0, 0.1) is 0 Å². The van der Waals surface area contributed by atoms with Gasteiger partial charge in [-0.3, -0.25) is 4.79 Å². The molecule has 0 saturated heterocycles. The SMILES string of the molecule is O=C1CC(C(=O)[O-])Oc2cc(O)ccc21. The number of aliphatic carboxylic acids is 1. The van der Waals surface area contributed by atoms with Gasteiger partial charge in [0.25, 0.3) is 0 Å². The van der Waals surface area contributed by atoms with Crippen molar-refractivity contribution in [2.45, 2.75) is 12.5 Å². The Bertz CT molecular complexity index is 437. The molecule has 15 heavy (non-hydrogen) atoms. The summed E-state index contributed by atoms with van der Waals surface area (Å²) in [5, 5.41) is 19.7. The first-order valence-corrected chi connectivity index (χ1v) is 4.31. The minimum Gasteiger partial charge on any atom is -0.546 e. The molecule has 1 heterocycles. The summed E-state index contributed by atoms with van der Waals surface area (Å²) in [6.07, 6.45) is -1.51. The maximum atomic E-state index is 11.5. The average molecular weight is 207 g/mol. The summed E-state index contributed by atoms with van der Waals surface area (Å²) < 4.78 is 5.00. The lowest BCUT2D eigenvalue weighted by atomic mass is 10.0. The van der Waals surface area contributed by atoms with Gasteiger partial charge in [-0.25, -0.2) is 0 Å². The Balaban J connectivity index is 2.41. The monoisotopic (exact) mass is 207 g/mol. The highest BCUT2D eigenvalue weighted by atomic mass is 16.5. The number of ether oxygens (including phenoxy) is 1. The molecule has 1 atom stereocenters.